The number of amides is 1. The minimum absolute atomic E-state index is 0.158. The van der Waals surface area contributed by atoms with Crippen LogP contribution in [0, 0.1) is 0 Å². The second-order valence-corrected chi connectivity index (χ2v) is 6.66. The van der Waals surface area contributed by atoms with Crippen molar-refractivity contribution >= 4 is 11.6 Å². The van der Waals surface area contributed by atoms with Crippen molar-refractivity contribution in [1.82, 2.24) is 10.2 Å². The van der Waals surface area contributed by atoms with E-state index < -0.39 is 0 Å². The van der Waals surface area contributed by atoms with Gasteiger partial charge in [-0.3, -0.25) is 4.79 Å². The van der Waals surface area contributed by atoms with Crippen LogP contribution in [0.3, 0.4) is 0 Å². The number of likely N-dealkylation sites (tertiary alicyclic amines) is 1. The zero-order valence-electron chi connectivity index (χ0n) is 14.1. The number of carbonyl (C=O) groups excluding carboxylic acids is 1. The maximum absolute atomic E-state index is 12.7. The summed E-state index contributed by atoms with van der Waals surface area (Å²) in [6, 6.07) is 8.91. The van der Waals surface area contributed by atoms with E-state index >= 15 is 0 Å². The summed E-state index contributed by atoms with van der Waals surface area (Å²) in [5, 5.41) is 3.37. The summed E-state index contributed by atoms with van der Waals surface area (Å²) in [5.74, 6) is 0.241. The first-order chi connectivity index (χ1) is 11.1. The van der Waals surface area contributed by atoms with E-state index in [1.165, 1.54) is 11.3 Å². The zero-order valence-corrected chi connectivity index (χ0v) is 14.1. The summed E-state index contributed by atoms with van der Waals surface area (Å²) in [4.78, 5) is 16.9. The molecule has 0 spiro atoms. The average Bonchev–Trinajstić information content (AvgIpc) is 3.05. The van der Waals surface area contributed by atoms with Gasteiger partial charge in [-0.05, 0) is 30.5 Å². The number of ether oxygens (including phenoxy) is 1. The Morgan fingerprint density at radius 3 is 3.04 bits per heavy atom. The first kappa shape index (κ1) is 16.3. The van der Waals surface area contributed by atoms with Crippen LogP contribution in [-0.4, -0.2) is 57.2 Å². The highest BCUT2D eigenvalue weighted by molar-refractivity contribution is 5.77. The number of rotatable bonds is 4. The van der Waals surface area contributed by atoms with Crippen molar-refractivity contribution in [2.45, 2.75) is 31.3 Å². The third-order valence-electron chi connectivity index (χ3n) is 4.76. The molecule has 2 fully saturated rings. The standard InChI is InChI=1S/C18H27N3O2/c1-20(2)16-6-3-5-14(11-16)17-7-4-9-21(17)18(22)12-15-13-23-10-8-19-15/h3,5-6,11,15,17,19H,4,7-10,12-13H2,1-2H3. The van der Waals surface area contributed by atoms with Crippen LogP contribution in [0.25, 0.3) is 0 Å². The van der Waals surface area contributed by atoms with Crippen LogP contribution in [0.5, 0.6) is 0 Å². The van der Waals surface area contributed by atoms with Crippen molar-refractivity contribution < 1.29 is 9.53 Å². The van der Waals surface area contributed by atoms with Crippen molar-refractivity contribution in [2.24, 2.45) is 0 Å². The Labute approximate surface area is 138 Å². The van der Waals surface area contributed by atoms with Gasteiger partial charge in [0.05, 0.1) is 19.3 Å². The Hall–Kier alpha value is -1.59. The number of benzene rings is 1. The fourth-order valence-electron chi connectivity index (χ4n) is 3.50. The van der Waals surface area contributed by atoms with Crippen molar-refractivity contribution in [3.63, 3.8) is 0 Å². The van der Waals surface area contributed by atoms with Crippen LogP contribution < -0.4 is 10.2 Å². The SMILES string of the molecule is CN(C)c1cccc(C2CCCN2C(=O)CC2COCCN2)c1. The predicted octanol–water partition coefficient (Wildman–Crippen LogP) is 1.79. The van der Waals surface area contributed by atoms with Gasteiger partial charge in [-0.25, -0.2) is 0 Å². The normalized spacial score (nSPS) is 24.7. The van der Waals surface area contributed by atoms with Gasteiger partial charge in [0.1, 0.15) is 0 Å². The van der Waals surface area contributed by atoms with Crippen molar-refractivity contribution in [3.05, 3.63) is 29.8 Å². The van der Waals surface area contributed by atoms with Crippen LogP contribution in [0.1, 0.15) is 30.9 Å². The van der Waals surface area contributed by atoms with E-state index in [1.54, 1.807) is 0 Å². The molecule has 1 aromatic carbocycles. The summed E-state index contributed by atoms with van der Waals surface area (Å²) in [7, 11) is 4.09. The minimum atomic E-state index is 0.158. The fraction of sp³-hybridized carbons (Fsp3) is 0.611. The molecule has 2 saturated heterocycles. The molecule has 0 aliphatic carbocycles. The molecular weight excluding hydrogens is 290 g/mol. The van der Waals surface area contributed by atoms with Gasteiger partial charge >= 0.3 is 0 Å². The van der Waals surface area contributed by atoms with Crippen molar-refractivity contribution in [3.8, 4) is 0 Å². The van der Waals surface area contributed by atoms with Crippen LogP contribution in [0.15, 0.2) is 24.3 Å². The molecule has 2 aliphatic heterocycles. The molecule has 0 radical (unpaired) electrons. The minimum Gasteiger partial charge on any atom is -0.378 e. The monoisotopic (exact) mass is 317 g/mol. The Bertz CT molecular complexity index is 541. The first-order valence-electron chi connectivity index (χ1n) is 8.53. The summed E-state index contributed by atoms with van der Waals surface area (Å²) in [5.41, 5.74) is 2.43. The second-order valence-electron chi connectivity index (χ2n) is 6.66. The van der Waals surface area contributed by atoms with Gasteiger partial charge in [0.2, 0.25) is 5.91 Å². The Morgan fingerprint density at radius 1 is 1.43 bits per heavy atom. The van der Waals surface area contributed by atoms with Gasteiger partial charge in [0.15, 0.2) is 0 Å². The molecule has 1 N–H and O–H groups in total. The maximum Gasteiger partial charge on any atom is 0.224 e. The Morgan fingerprint density at radius 2 is 2.30 bits per heavy atom. The van der Waals surface area contributed by atoms with E-state index in [9.17, 15) is 4.79 Å². The fourth-order valence-corrected chi connectivity index (χ4v) is 3.50. The van der Waals surface area contributed by atoms with Gasteiger partial charge in [-0.15, -0.1) is 0 Å². The van der Waals surface area contributed by atoms with E-state index in [0.29, 0.717) is 13.0 Å². The zero-order chi connectivity index (χ0) is 16.2. The summed E-state index contributed by atoms with van der Waals surface area (Å²) < 4.78 is 5.46. The number of carbonyl (C=O) groups is 1. The Balaban J connectivity index is 1.69. The molecule has 0 aromatic heterocycles. The lowest BCUT2D eigenvalue weighted by molar-refractivity contribution is -0.133. The van der Waals surface area contributed by atoms with Crippen LogP contribution in [0.4, 0.5) is 5.69 Å². The van der Waals surface area contributed by atoms with Gasteiger partial charge in [-0.2, -0.15) is 0 Å². The van der Waals surface area contributed by atoms with Gasteiger partial charge in [0, 0.05) is 45.3 Å². The number of hydrogen-bond acceptors (Lipinski definition) is 4. The molecule has 2 atom stereocenters. The number of hydrogen-bond donors (Lipinski definition) is 1. The molecule has 2 heterocycles. The van der Waals surface area contributed by atoms with Crippen molar-refractivity contribution in [1.29, 1.82) is 0 Å². The van der Waals surface area contributed by atoms with E-state index in [2.05, 4.69) is 39.4 Å². The maximum atomic E-state index is 12.7. The van der Waals surface area contributed by atoms with Gasteiger partial charge in [-0.1, -0.05) is 12.1 Å². The second kappa shape index (κ2) is 7.32. The number of morpholine rings is 1. The van der Waals surface area contributed by atoms with Crippen LogP contribution in [0.2, 0.25) is 0 Å². The highest BCUT2D eigenvalue weighted by atomic mass is 16.5. The smallest absolute Gasteiger partial charge is 0.224 e. The Kier molecular flexibility index (Phi) is 5.18. The van der Waals surface area contributed by atoms with Gasteiger partial charge < -0.3 is 19.9 Å². The number of nitrogens with one attached hydrogen (secondary N) is 1. The lowest BCUT2D eigenvalue weighted by Crippen LogP contribution is -2.45. The van der Waals surface area contributed by atoms with Crippen LogP contribution >= 0.6 is 0 Å². The lowest BCUT2D eigenvalue weighted by Gasteiger charge is -2.29. The molecule has 23 heavy (non-hydrogen) atoms. The quantitative estimate of drug-likeness (QED) is 0.920. The molecule has 3 rings (SSSR count). The van der Waals surface area contributed by atoms with Crippen molar-refractivity contribution in [2.75, 3.05) is 45.3 Å². The topological polar surface area (TPSA) is 44.8 Å². The summed E-state index contributed by atoms with van der Waals surface area (Å²) in [6.45, 7) is 3.09. The third kappa shape index (κ3) is 3.85. The lowest BCUT2D eigenvalue weighted by atomic mass is 10.0. The van der Waals surface area contributed by atoms with E-state index in [0.717, 1.165) is 32.5 Å². The van der Waals surface area contributed by atoms with E-state index in [4.69, 9.17) is 4.74 Å². The van der Waals surface area contributed by atoms with E-state index in [-0.39, 0.29) is 18.0 Å². The third-order valence-corrected chi connectivity index (χ3v) is 4.76. The van der Waals surface area contributed by atoms with Gasteiger partial charge in [0.25, 0.3) is 0 Å². The number of anilines is 1. The molecular formula is C18H27N3O2. The molecule has 126 valence electrons. The molecule has 0 saturated carbocycles. The molecule has 0 bridgehead atoms. The summed E-state index contributed by atoms with van der Waals surface area (Å²) in [6.07, 6.45) is 2.66. The highest BCUT2D eigenvalue weighted by Crippen LogP contribution is 2.34. The molecule has 1 amide bonds. The average molecular weight is 317 g/mol. The van der Waals surface area contributed by atoms with E-state index in [1.807, 2.05) is 14.1 Å². The molecule has 2 aliphatic rings. The first-order valence-corrected chi connectivity index (χ1v) is 8.53. The number of nitrogens with zero attached hydrogens (tertiary/aromatic N) is 2. The summed E-state index contributed by atoms with van der Waals surface area (Å²) >= 11 is 0. The molecule has 2 unspecified atom stereocenters. The molecule has 5 nitrogen and oxygen atoms in total. The largest absolute Gasteiger partial charge is 0.378 e. The van der Waals surface area contributed by atoms with Crippen LogP contribution in [-0.2, 0) is 9.53 Å². The molecule has 5 heteroatoms. The highest BCUT2D eigenvalue weighted by Gasteiger charge is 2.31. The predicted molar refractivity (Wildman–Crippen MR) is 91.7 cm³/mol. The molecule has 1 aromatic rings.